The molecule has 3 N–H and O–H groups in total. The molecule has 0 aliphatic rings. The summed E-state index contributed by atoms with van der Waals surface area (Å²) in [6.07, 6.45) is 5.21. The number of halogens is 2. The highest BCUT2D eigenvalue weighted by molar-refractivity contribution is 9.11. The Balaban J connectivity index is 2.79. The maximum absolute atomic E-state index is 5.63. The molecule has 0 bridgehead atoms. The molecule has 17 heavy (non-hydrogen) atoms. The molecule has 0 aliphatic carbocycles. The van der Waals surface area contributed by atoms with E-state index in [9.17, 15) is 0 Å². The van der Waals surface area contributed by atoms with Crippen LogP contribution in [0.4, 0.5) is 0 Å². The van der Waals surface area contributed by atoms with Crippen molar-refractivity contribution in [3.8, 4) is 0 Å². The summed E-state index contributed by atoms with van der Waals surface area (Å²) >= 11 is 6.93. The van der Waals surface area contributed by atoms with E-state index in [0.29, 0.717) is 5.92 Å². The van der Waals surface area contributed by atoms with Gasteiger partial charge in [0.2, 0.25) is 0 Å². The first-order chi connectivity index (χ1) is 8.08. The highest BCUT2D eigenvalue weighted by Crippen LogP contribution is 2.28. The van der Waals surface area contributed by atoms with Crippen LogP contribution >= 0.6 is 31.9 Å². The number of pyridine rings is 1. The van der Waals surface area contributed by atoms with Gasteiger partial charge in [0.25, 0.3) is 0 Å². The first-order valence-electron chi connectivity index (χ1n) is 5.85. The molecular formula is C12H19Br2N3. The van der Waals surface area contributed by atoms with E-state index < -0.39 is 0 Å². The first kappa shape index (κ1) is 15.1. The van der Waals surface area contributed by atoms with Gasteiger partial charge in [-0.1, -0.05) is 26.7 Å². The van der Waals surface area contributed by atoms with Crippen LogP contribution in [0.25, 0.3) is 0 Å². The molecule has 0 saturated heterocycles. The molecule has 2 atom stereocenters. The molecule has 0 saturated carbocycles. The number of rotatable bonds is 6. The summed E-state index contributed by atoms with van der Waals surface area (Å²) in [6, 6.07) is 2.09. The Morgan fingerprint density at radius 3 is 2.71 bits per heavy atom. The topological polar surface area (TPSA) is 50.9 Å². The van der Waals surface area contributed by atoms with Crippen LogP contribution in [0, 0.1) is 5.92 Å². The van der Waals surface area contributed by atoms with Crippen LogP contribution in [0.3, 0.4) is 0 Å². The highest BCUT2D eigenvalue weighted by atomic mass is 79.9. The smallest absolute Gasteiger partial charge is 0.0729 e. The van der Waals surface area contributed by atoms with Crippen LogP contribution in [-0.2, 0) is 0 Å². The molecular weight excluding hydrogens is 346 g/mol. The molecule has 0 aromatic carbocycles. The number of nitrogens with zero attached hydrogens (tertiary/aromatic N) is 1. The third-order valence-electron chi connectivity index (χ3n) is 2.79. The van der Waals surface area contributed by atoms with Crippen molar-refractivity contribution in [1.82, 2.24) is 10.4 Å². The maximum Gasteiger partial charge on any atom is 0.0729 e. The molecule has 2 unspecified atom stereocenters. The molecule has 1 aromatic rings. The number of nitrogens with one attached hydrogen (secondary N) is 1. The van der Waals surface area contributed by atoms with Crippen LogP contribution in [0.15, 0.2) is 21.2 Å². The van der Waals surface area contributed by atoms with Gasteiger partial charge in [-0.2, -0.15) is 0 Å². The quantitative estimate of drug-likeness (QED) is 0.593. The summed E-state index contributed by atoms with van der Waals surface area (Å²) in [5, 5.41) is 0. The standard InChI is InChI=1S/C12H19Br2N3/c1-3-4-8(2)5-11(17-15)12-10(14)6-9(13)7-16-12/h6-8,11,17H,3-5,15H2,1-2H3. The predicted octanol–water partition coefficient (Wildman–Crippen LogP) is 3.94. The number of nitrogens with two attached hydrogens (primary N) is 1. The highest BCUT2D eigenvalue weighted by Gasteiger charge is 2.17. The zero-order valence-electron chi connectivity index (χ0n) is 10.2. The molecule has 5 heteroatoms. The summed E-state index contributed by atoms with van der Waals surface area (Å²) in [4.78, 5) is 4.43. The fourth-order valence-corrected chi connectivity index (χ4v) is 3.22. The monoisotopic (exact) mass is 363 g/mol. The van der Waals surface area contributed by atoms with E-state index in [1.54, 1.807) is 6.20 Å². The summed E-state index contributed by atoms with van der Waals surface area (Å²) in [5.74, 6) is 6.27. The lowest BCUT2D eigenvalue weighted by atomic mass is 9.95. The third-order valence-corrected chi connectivity index (χ3v) is 3.86. The van der Waals surface area contributed by atoms with Crippen molar-refractivity contribution in [2.45, 2.75) is 39.2 Å². The second-order valence-electron chi connectivity index (χ2n) is 4.37. The van der Waals surface area contributed by atoms with Gasteiger partial charge in [-0.15, -0.1) is 0 Å². The second kappa shape index (κ2) is 7.46. The lowest BCUT2D eigenvalue weighted by Crippen LogP contribution is -2.30. The van der Waals surface area contributed by atoms with Crippen molar-refractivity contribution in [2.75, 3.05) is 0 Å². The fraction of sp³-hybridized carbons (Fsp3) is 0.583. The van der Waals surface area contributed by atoms with Crippen molar-refractivity contribution in [3.05, 3.63) is 26.9 Å². The Bertz CT molecular complexity index is 358. The average Bonchev–Trinajstić information content (AvgIpc) is 2.27. The van der Waals surface area contributed by atoms with Gasteiger partial charge in [0.05, 0.1) is 11.7 Å². The molecule has 0 amide bonds. The van der Waals surface area contributed by atoms with Gasteiger partial charge in [-0.3, -0.25) is 16.3 Å². The van der Waals surface area contributed by atoms with Gasteiger partial charge in [0, 0.05) is 15.1 Å². The zero-order valence-corrected chi connectivity index (χ0v) is 13.4. The normalized spacial score (nSPS) is 14.6. The van der Waals surface area contributed by atoms with E-state index >= 15 is 0 Å². The number of aromatic nitrogens is 1. The molecule has 1 heterocycles. The molecule has 3 nitrogen and oxygen atoms in total. The Labute approximate surface area is 120 Å². The minimum Gasteiger partial charge on any atom is -0.271 e. The molecule has 0 aliphatic heterocycles. The summed E-state index contributed by atoms with van der Waals surface area (Å²) in [6.45, 7) is 4.45. The largest absolute Gasteiger partial charge is 0.271 e. The summed E-state index contributed by atoms with van der Waals surface area (Å²) in [5.41, 5.74) is 3.83. The van der Waals surface area contributed by atoms with Crippen LogP contribution in [0.1, 0.15) is 44.8 Å². The lowest BCUT2D eigenvalue weighted by molar-refractivity contribution is 0.388. The van der Waals surface area contributed by atoms with Crippen LogP contribution < -0.4 is 11.3 Å². The molecule has 0 spiro atoms. The van der Waals surface area contributed by atoms with E-state index in [0.717, 1.165) is 21.1 Å². The summed E-state index contributed by atoms with van der Waals surface area (Å²) in [7, 11) is 0. The second-order valence-corrected chi connectivity index (χ2v) is 6.14. The zero-order chi connectivity index (χ0) is 12.8. The Morgan fingerprint density at radius 1 is 1.47 bits per heavy atom. The number of hydrogen-bond donors (Lipinski definition) is 2. The van der Waals surface area contributed by atoms with Crippen molar-refractivity contribution in [3.63, 3.8) is 0 Å². The minimum absolute atomic E-state index is 0.0963. The Hall–Kier alpha value is 0.0300. The number of hydrogen-bond acceptors (Lipinski definition) is 3. The van der Waals surface area contributed by atoms with E-state index in [4.69, 9.17) is 5.84 Å². The molecule has 0 fully saturated rings. The van der Waals surface area contributed by atoms with E-state index in [-0.39, 0.29) is 6.04 Å². The van der Waals surface area contributed by atoms with Crippen LogP contribution in [-0.4, -0.2) is 4.98 Å². The van der Waals surface area contributed by atoms with Gasteiger partial charge in [0.1, 0.15) is 0 Å². The van der Waals surface area contributed by atoms with Crippen molar-refractivity contribution in [2.24, 2.45) is 11.8 Å². The average molecular weight is 365 g/mol. The minimum atomic E-state index is 0.0963. The molecule has 1 rings (SSSR count). The van der Waals surface area contributed by atoms with Crippen molar-refractivity contribution >= 4 is 31.9 Å². The van der Waals surface area contributed by atoms with E-state index in [2.05, 4.69) is 56.1 Å². The predicted molar refractivity (Wildman–Crippen MR) is 78.4 cm³/mol. The van der Waals surface area contributed by atoms with Gasteiger partial charge < -0.3 is 0 Å². The maximum atomic E-state index is 5.63. The van der Waals surface area contributed by atoms with Gasteiger partial charge >= 0.3 is 0 Å². The summed E-state index contributed by atoms with van der Waals surface area (Å²) < 4.78 is 1.95. The van der Waals surface area contributed by atoms with Crippen molar-refractivity contribution in [1.29, 1.82) is 0 Å². The van der Waals surface area contributed by atoms with Gasteiger partial charge in [0.15, 0.2) is 0 Å². The van der Waals surface area contributed by atoms with Crippen molar-refractivity contribution < 1.29 is 0 Å². The first-order valence-corrected chi connectivity index (χ1v) is 7.44. The van der Waals surface area contributed by atoms with E-state index in [1.165, 1.54) is 12.8 Å². The molecule has 1 aromatic heterocycles. The SMILES string of the molecule is CCCC(C)CC(NN)c1ncc(Br)cc1Br. The van der Waals surface area contributed by atoms with Gasteiger partial charge in [-0.05, 0) is 50.3 Å². The lowest BCUT2D eigenvalue weighted by Gasteiger charge is -2.20. The Morgan fingerprint density at radius 2 is 2.18 bits per heavy atom. The Kier molecular flexibility index (Phi) is 6.62. The number of hydrazine groups is 1. The van der Waals surface area contributed by atoms with Crippen LogP contribution in [0.5, 0.6) is 0 Å². The third kappa shape index (κ3) is 4.66. The molecule has 0 radical (unpaired) electrons. The van der Waals surface area contributed by atoms with Crippen LogP contribution in [0.2, 0.25) is 0 Å². The van der Waals surface area contributed by atoms with E-state index in [1.807, 2.05) is 6.07 Å². The fourth-order valence-electron chi connectivity index (χ4n) is 1.95. The molecule has 96 valence electrons. The van der Waals surface area contributed by atoms with Gasteiger partial charge in [-0.25, -0.2) is 0 Å².